The number of benzene rings is 1. The average Bonchev–Trinajstić information content (AvgIpc) is 3.59. The van der Waals surface area contributed by atoms with Gasteiger partial charge in [-0.1, -0.05) is 11.6 Å². The Morgan fingerprint density at radius 1 is 1.03 bits per heavy atom. The molecule has 9 nitrogen and oxygen atoms in total. The number of ether oxygens (including phenoxy) is 2. The predicted molar refractivity (Wildman–Crippen MR) is 130 cm³/mol. The summed E-state index contributed by atoms with van der Waals surface area (Å²) in [6.07, 6.45) is 5.34. The molecule has 1 aliphatic carbocycles. The van der Waals surface area contributed by atoms with E-state index in [0.717, 1.165) is 24.2 Å². The van der Waals surface area contributed by atoms with Crippen LogP contribution in [0.4, 0.5) is 5.82 Å². The molecule has 33 heavy (non-hydrogen) atoms. The van der Waals surface area contributed by atoms with E-state index in [0.29, 0.717) is 54.2 Å². The van der Waals surface area contributed by atoms with Gasteiger partial charge in [-0.2, -0.15) is 9.29 Å². The highest BCUT2D eigenvalue weighted by Gasteiger charge is 2.41. The molecule has 1 aromatic carbocycles. The van der Waals surface area contributed by atoms with Crippen molar-refractivity contribution in [2.75, 3.05) is 45.3 Å². The Morgan fingerprint density at radius 2 is 1.73 bits per heavy atom. The van der Waals surface area contributed by atoms with Crippen molar-refractivity contribution < 1.29 is 17.9 Å². The third-order valence-electron chi connectivity index (χ3n) is 5.93. The van der Waals surface area contributed by atoms with E-state index in [1.807, 2.05) is 22.9 Å². The van der Waals surface area contributed by atoms with Gasteiger partial charge in [-0.05, 0) is 25.0 Å². The largest absolute Gasteiger partial charge is 0.496 e. The summed E-state index contributed by atoms with van der Waals surface area (Å²) in [7, 11) is 0.00469. The number of hydrogen-bond acceptors (Lipinski definition) is 7. The van der Waals surface area contributed by atoms with Crippen LogP contribution in [0, 0.1) is 0 Å². The number of anilines is 1. The van der Waals surface area contributed by atoms with Gasteiger partial charge < -0.3 is 14.4 Å². The van der Waals surface area contributed by atoms with Crippen molar-refractivity contribution in [3.05, 3.63) is 35.6 Å². The molecular weight excluding hydrogens is 489 g/mol. The third-order valence-corrected chi connectivity index (χ3v) is 8.62. The number of methoxy groups -OCH3 is 2. The van der Waals surface area contributed by atoms with E-state index in [-0.39, 0.29) is 17.7 Å². The Bertz CT molecular complexity index is 1270. The topological polar surface area (TPSA) is 89.3 Å². The van der Waals surface area contributed by atoms with Gasteiger partial charge in [0.05, 0.1) is 30.2 Å². The van der Waals surface area contributed by atoms with Crippen LogP contribution in [0.1, 0.15) is 12.8 Å². The number of rotatable bonds is 6. The molecule has 1 aliphatic heterocycles. The lowest BCUT2D eigenvalue weighted by molar-refractivity contribution is 0.383. The molecule has 0 atom stereocenters. The van der Waals surface area contributed by atoms with Crippen LogP contribution in [-0.4, -0.2) is 72.7 Å². The number of hydrogen-bond donors (Lipinski definition) is 0. The minimum atomic E-state index is -3.13. The monoisotopic (exact) mass is 513 g/mol. The standard InChI is InChI=1S/C21H24ClN5O4S.ClH/c1-30-18-12-19(31-2)16(22)11-15(18)17-13-26-6-5-20(24-21(26)23-17)25-7-9-27(10-8-25)32(28,29)14-3-4-14;/h5-6,11-14H,3-4,7-10H2,1-2H3;1H. The summed E-state index contributed by atoms with van der Waals surface area (Å²) in [5, 5.41) is 0.295. The molecule has 0 N–H and O–H groups in total. The lowest BCUT2D eigenvalue weighted by Gasteiger charge is -2.34. The zero-order valence-corrected chi connectivity index (χ0v) is 20.7. The van der Waals surface area contributed by atoms with E-state index in [4.69, 9.17) is 26.1 Å². The summed E-state index contributed by atoms with van der Waals surface area (Å²) in [4.78, 5) is 11.5. The first-order chi connectivity index (χ1) is 15.4. The van der Waals surface area contributed by atoms with Gasteiger partial charge >= 0.3 is 0 Å². The Morgan fingerprint density at radius 3 is 2.36 bits per heavy atom. The molecule has 178 valence electrons. The average molecular weight is 514 g/mol. The third kappa shape index (κ3) is 4.44. The number of fused-ring (bicyclic) bond motifs is 1. The molecule has 5 rings (SSSR count). The van der Waals surface area contributed by atoms with Gasteiger partial charge in [0, 0.05) is 50.2 Å². The molecule has 0 radical (unpaired) electrons. The fourth-order valence-corrected chi connectivity index (χ4v) is 6.04. The van der Waals surface area contributed by atoms with Crippen LogP contribution < -0.4 is 14.4 Å². The van der Waals surface area contributed by atoms with Crippen molar-refractivity contribution in [3.63, 3.8) is 0 Å². The first-order valence-corrected chi connectivity index (χ1v) is 12.3. The molecule has 2 fully saturated rings. The summed E-state index contributed by atoms with van der Waals surface area (Å²) in [6.45, 7) is 2.16. The van der Waals surface area contributed by atoms with Crippen LogP contribution in [-0.2, 0) is 10.0 Å². The summed E-state index contributed by atoms with van der Waals surface area (Å²) < 4.78 is 39.2. The number of nitrogens with zero attached hydrogens (tertiary/aromatic N) is 5. The van der Waals surface area contributed by atoms with E-state index >= 15 is 0 Å². The maximum atomic E-state index is 12.5. The fraction of sp³-hybridized carbons (Fsp3) is 0.429. The molecular formula is C21H25Cl2N5O4S. The molecule has 3 aromatic rings. The van der Waals surface area contributed by atoms with Gasteiger partial charge in [-0.25, -0.2) is 13.4 Å². The number of sulfonamides is 1. The van der Waals surface area contributed by atoms with Crippen molar-refractivity contribution in [3.8, 4) is 22.8 Å². The maximum absolute atomic E-state index is 12.5. The predicted octanol–water partition coefficient (Wildman–Crippen LogP) is 3.10. The van der Waals surface area contributed by atoms with Crippen LogP contribution in [0.3, 0.4) is 0 Å². The van der Waals surface area contributed by atoms with Gasteiger partial charge in [0.2, 0.25) is 15.8 Å². The second-order valence-electron chi connectivity index (χ2n) is 7.94. The summed E-state index contributed by atoms with van der Waals surface area (Å²) in [5.74, 6) is 2.44. The second-order valence-corrected chi connectivity index (χ2v) is 10.6. The molecule has 2 aliphatic rings. The van der Waals surface area contributed by atoms with E-state index < -0.39 is 10.0 Å². The fourth-order valence-electron chi connectivity index (χ4n) is 3.98. The van der Waals surface area contributed by atoms with Crippen molar-refractivity contribution in [2.45, 2.75) is 18.1 Å². The molecule has 0 amide bonds. The van der Waals surface area contributed by atoms with Crippen LogP contribution in [0.15, 0.2) is 30.6 Å². The number of halogens is 2. The summed E-state index contributed by atoms with van der Waals surface area (Å²) >= 11 is 6.32. The summed E-state index contributed by atoms with van der Waals surface area (Å²) in [6, 6.07) is 5.42. The number of piperazine rings is 1. The minimum absolute atomic E-state index is 0. The van der Waals surface area contributed by atoms with Gasteiger partial charge in [-0.15, -0.1) is 12.4 Å². The Hall–Kier alpha value is -2.27. The highest BCUT2D eigenvalue weighted by molar-refractivity contribution is 7.90. The van der Waals surface area contributed by atoms with E-state index in [1.165, 1.54) is 0 Å². The molecule has 12 heteroatoms. The van der Waals surface area contributed by atoms with Gasteiger partial charge in [-0.3, -0.25) is 4.40 Å². The second kappa shape index (κ2) is 9.17. The molecule has 0 unspecified atom stereocenters. The first-order valence-electron chi connectivity index (χ1n) is 10.4. The lowest BCUT2D eigenvalue weighted by atomic mass is 10.1. The first kappa shape index (κ1) is 23.9. The SMILES string of the molecule is COc1cc(OC)c(-c2cn3ccc(N4CCN(S(=O)(=O)C5CC5)CC4)nc3n2)cc1Cl.Cl. The summed E-state index contributed by atoms with van der Waals surface area (Å²) in [5.41, 5.74) is 1.42. The molecule has 1 saturated carbocycles. The molecule has 2 aromatic heterocycles. The van der Waals surface area contributed by atoms with Crippen molar-refractivity contribution in [1.29, 1.82) is 0 Å². The van der Waals surface area contributed by atoms with Crippen LogP contribution in [0.25, 0.3) is 17.0 Å². The molecule has 0 spiro atoms. The zero-order chi connectivity index (χ0) is 22.5. The quantitative estimate of drug-likeness (QED) is 0.500. The van der Waals surface area contributed by atoms with Crippen molar-refractivity contribution >= 4 is 45.6 Å². The van der Waals surface area contributed by atoms with Crippen LogP contribution in [0.2, 0.25) is 5.02 Å². The number of aromatic nitrogens is 3. The van der Waals surface area contributed by atoms with E-state index in [1.54, 1.807) is 30.7 Å². The number of imidazole rings is 1. The van der Waals surface area contributed by atoms with Crippen molar-refractivity contribution in [1.82, 2.24) is 18.7 Å². The highest BCUT2D eigenvalue weighted by atomic mass is 35.5. The Kier molecular flexibility index (Phi) is 6.63. The smallest absolute Gasteiger partial charge is 0.236 e. The Balaban J connectivity index is 0.00000259. The highest BCUT2D eigenvalue weighted by Crippen LogP contribution is 2.38. The molecule has 0 bridgehead atoms. The lowest BCUT2D eigenvalue weighted by Crippen LogP contribution is -2.49. The molecule has 1 saturated heterocycles. The van der Waals surface area contributed by atoms with E-state index in [2.05, 4.69) is 9.88 Å². The molecule has 3 heterocycles. The minimum Gasteiger partial charge on any atom is -0.496 e. The van der Waals surface area contributed by atoms with Crippen molar-refractivity contribution in [2.24, 2.45) is 0 Å². The van der Waals surface area contributed by atoms with Crippen LogP contribution in [0.5, 0.6) is 11.5 Å². The van der Waals surface area contributed by atoms with Gasteiger partial charge in [0.15, 0.2) is 0 Å². The van der Waals surface area contributed by atoms with Gasteiger partial charge in [0.1, 0.15) is 17.3 Å². The zero-order valence-electron chi connectivity index (χ0n) is 18.3. The Labute approximate surface area is 203 Å². The van der Waals surface area contributed by atoms with E-state index in [9.17, 15) is 8.42 Å². The maximum Gasteiger partial charge on any atom is 0.236 e. The normalized spacial score (nSPS) is 17.1. The van der Waals surface area contributed by atoms with Gasteiger partial charge in [0.25, 0.3) is 0 Å². The van der Waals surface area contributed by atoms with Crippen LogP contribution >= 0.6 is 24.0 Å².